The first kappa shape index (κ1) is 14.2. The minimum absolute atomic E-state index is 0.209. The van der Waals surface area contributed by atoms with Crippen LogP contribution in [0, 0.1) is 5.41 Å². The van der Waals surface area contributed by atoms with Crippen molar-refractivity contribution in [2.75, 3.05) is 0 Å². The van der Waals surface area contributed by atoms with Gasteiger partial charge in [-0.1, -0.05) is 27.7 Å². The summed E-state index contributed by atoms with van der Waals surface area (Å²) in [6, 6.07) is 2.49. The largest absolute Gasteiger partial charge is 0.327 e. The minimum Gasteiger partial charge on any atom is -0.327 e. The van der Waals surface area contributed by atoms with Crippen LogP contribution in [0.3, 0.4) is 0 Å². The van der Waals surface area contributed by atoms with Gasteiger partial charge in [-0.05, 0) is 37.2 Å². The number of hydrogen-bond donors (Lipinski definition) is 1. The third-order valence-corrected chi connectivity index (χ3v) is 3.45. The van der Waals surface area contributed by atoms with Gasteiger partial charge >= 0.3 is 0 Å². The van der Waals surface area contributed by atoms with Crippen molar-refractivity contribution in [1.82, 2.24) is 9.78 Å². The Labute approximate surface area is 105 Å². The molecule has 0 saturated carbocycles. The van der Waals surface area contributed by atoms with Crippen molar-refractivity contribution in [3.63, 3.8) is 0 Å². The molecule has 0 bridgehead atoms. The lowest BCUT2D eigenvalue weighted by atomic mass is 9.84. The van der Waals surface area contributed by atoms with Crippen LogP contribution in [0.25, 0.3) is 0 Å². The molecule has 0 fully saturated rings. The smallest absolute Gasteiger partial charge is 0.0624 e. The predicted molar refractivity (Wildman–Crippen MR) is 73.0 cm³/mol. The SMILES string of the molecule is CCc1cc(CCCC(N)C(C)(C)C)n(C)n1. The summed E-state index contributed by atoms with van der Waals surface area (Å²) < 4.78 is 2.00. The van der Waals surface area contributed by atoms with E-state index in [1.165, 1.54) is 11.4 Å². The standard InChI is InChI=1S/C14H27N3/c1-6-11-10-12(17(5)16-11)8-7-9-13(15)14(2,3)4/h10,13H,6-9,15H2,1-5H3. The van der Waals surface area contributed by atoms with E-state index in [4.69, 9.17) is 5.73 Å². The molecule has 98 valence electrons. The summed E-state index contributed by atoms with van der Waals surface area (Å²) in [7, 11) is 2.03. The molecule has 0 radical (unpaired) electrons. The van der Waals surface area contributed by atoms with E-state index in [1.807, 2.05) is 11.7 Å². The molecule has 1 rings (SSSR count). The summed E-state index contributed by atoms with van der Waals surface area (Å²) in [6.45, 7) is 8.76. The molecule has 3 nitrogen and oxygen atoms in total. The van der Waals surface area contributed by atoms with Crippen molar-refractivity contribution in [3.8, 4) is 0 Å². The molecule has 1 heterocycles. The number of aryl methyl sites for hydroxylation is 3. The van der Waals surface area contributed by atoms with Crippen LogP contribution < -0.4 is 5.73 Å². The second kappa shape index (κ2) is 5.67. The maximum Gasteiger partial charge on any atom is 0.0624 e. The molecule has 0 aromatic carbocycles. The molecule has 0 aliphatic carbocycles. The van der Waals surface area contributed by atoms with E-state index >= 15 is 0 Å². The lowest BCUT2D eigenvalue weighted by Crippen LogP contribution is -2.34. The number of nitrogens with two attached hydrogens (primary N) is 1. The molecule has 1 aromatic heterocycles. The van der Waals surface area contributed by atoms with E-state index in [-0.39, 0.29) is 11.5 Å². The van der Waals surface area contributed by atoms with Gasteiger partial charge in [0, 0.05) is 18.8 Å². The molecule has 0 aliphatic rings. The first-order chi connectivity index (χ1) is 7.84. The summed E-state index contributed by atoms with van der Waals surface area (Å²) >= 11 is 0. The third kappa shape index (κ3) is 4.15. The number of aromatic nitrogens is 2. The van der Waals surface area contributed by atoms with Crippen molar-refractivity contribution >= 4 is 0 Å². The summed E-state index contributed by atoms with van der Waals surface area (Å²) in [5.41, 5.74) is 8.88. The van der Waals surface area contributed by atoms with Crippen LogP contribution in [0.1, 0.15) is 51.9 Å². The lowest BCUT2D eigenvalue weighted by molar-refractivity contribution is 0.301. The molecule has 3 heteroatoms. The average molecular weight is 237 g/mol. The molecule has 1 unspecified atom stereocenters. The second-order valence-corrected chi connectivity index (χ2v) is 5.97. The normalized spacial score (nSPS) is 14.0. The van der Waals surface area contributed by atoms with Crippen LogP contribution >= 0.6 is 0 Å². The van der Waals surface area contributed by atoms with Gasteiger partial charge in [-0.2, -0.15) is 5.10 Å². The first-order valence-corrected chi connectivity index (χ1v) is 6.62. The van der Waals surface area contributed by atoms with Gasteiger partial charge in [-0.25, -0.2) is 0 Å². The third-order valence-electron chi connectivity index (χ3n) is 3.45. The van der Waals surface area contributed by atoms with Gasteiger partial charge in [0.2, 0.25) is 0 Å². The summed E-state index contributed by atoms with van der Waals surface area (Å²) in [5, 5.41) is 4.46. The molecule has 2 N–H and O–H groups in total. The van der Waals surface area contributed by atoms with Crippen LogP contribution in [0.2, 0.25) is 0 Å². The van der Waals surface area contributed by atoms with Gasteiger partial charge in [0.25, 0.3) is 0 Å². The number of rotatable bonds is 5. The van der Waals surface area contributed by atoms with Crippen LogP contribution in [0.15, 0.2) is 6.07 Å². The highest BCUT2D eigenvalue weighted by molar-refractivity contribution is 5.10. The molecule has 0 amide bonds. The van der Waals surface area contributed by atoms with Gasteiger partial charge < -0.3 is 5.73 Å². The lowest BCUT2D eigenvalue weighted by Gasteiger charge is -2.26. The van der Waals surface area contributed by atoms with E-state index in [0.29, 0.717) is 0 Å². The Bertz CT molecular complexity index is 347. The van der Waals surface area contributed by atoms with Gasteiger partial charge in [-0.3, -0.25) is 4.68 Å². The van der Waals surface area contributed by atoms with Crippen LogP contribution in [0.4, 0.5) is 0 Å². The van der Waals surface area contributed by atoms with E-state index in [0.717, 1.165) is 25.7 Å². The fourth-order valence-corrected chi connectivity index (χ4v) is 1.91. The molecule has 0 spiro atoms. The fourth-order valence-electron chi connectivity index (χ4n) is 1.91. The zero-order chi connectivity index (χ0) is 13.1. The van der Waals surface area contributed by atoms with Gasteiger partial charge in [0.15, 0.2) is 0 Å². The predicted octanol–water partition coefficient (Wildman–Crippen LogP) is 2.68. The Morgan fingerprint density at radius 2 is 2.06 bits per heavy atom. The highest BCUT2D eigenvalue weighted by Gasteiger charge is 2.19. The topological polar surface area (TPSA) is 43.8 Å². The molecular weight excluding hydrogens is 210 g/mol. The van der Waals surface area contributed by atoms with Crippen molar-refractivity contribution in [2.45, 2.75) is 59.4 Å². The second-order valence-electron chi connectivity index (χ2n) is 5.97. The number of nitrogens with zero attached hydrogens (tertiary/aromatic N) is 2. The van der Waals surface area contributed by atoms with Crippen LogP contribution in [-0.4, -0.2) is 15.8 Å². The summed E-state index contributed by atoms with van der Waals surface area (Å²) in [5.74, 6) is 0. The van der Waals surface area contributed by atoms with Crippen LogP contribution in [0.5, 0.6) is 0 Å². The fraction of sp³-hybridized carbons (Fsp3) is 0.786. The average Bonchev–Trinajstić information content (AvgIpc) is 2.58. The molecule has 17 heavy (non-hydrogen) atoms. The van der Waals surface area contributed by atoms with Crippen molar-refractivity contribution < 1.29 is 0 Å². The van der Waals surface area contributed by atoms with Crippen molar-refractivity contribution in [3.05, 3.63) is 17.5 Å². The minimum atomic E-state index is 0.209. The molecule has 0 aliphatic heterocycles. The van der Waals surface area contributed by atoms with E-state index < -0.39 is 0 Å². The first-order valence-electron chi connectivity index (χ1n) is 6.62. The Kier molecular flexibility index (Phi) is 4.75. The van der Waals surface area contributed by atoms with Crippen LogP contribution in [-0.2, 0) is 19.9 Å². The number of hydrogen-bond acceptors (Lipinski definition) is 2. The Hall–Kier alpha value is -0.830. The van der Waals surface area contributed by atoms with Crippen molar-refractivity contribution in [2.24, 2.45) is 18.2 Å². The Morgan fingerprint density at radius 3 is 2.53 bits per heavy atom. The maximum atomic E-state index is 6.16. The zero-order valence-electron chi connectivity index (χ0n) is 12.0. The maximum absolute atomic E-state index is 6.16. The van der Waals surface area contributed by atoms with Gasteiger partial charge in [0.1, 0.15) is 0 Å². The zero-order valence-corrected chi connectivity index (χ0v) is 12.0. The quantitative estimate of drug-likeness (QED) is 0.855. The van der Waals surface area contributed by atoms with Crippen molar-refractivity contribution in [1.29, 1.82) is 0 Å². The van der Waals surface area contributed by atoms with Gasteiger partial charge in [-0.15, -0.1) is 0 Å². The monoisotopic (exact) mass is 237 g/mol. The molecule has 1 aromatic rings. The molecule has 1 atom stereocenters. The van der Waals surface area contributed by atoms with E-state index in [9.17, 15) is 0 Å². The highest BCUT2D eigenvalue weighted by atomic mass is 15.3. The summed E-state index contributed by atoms with van der Waals surface area (Å²) in [6.07, 6.45) is 4.31. The molecule has 0 saturated heterocycles. The highest BCUT2D eigenvalue weighted by Crippen LogP contribution is 2.21. The van der Waals surface area contributed by atoms with Gasteiger partial charge in [0.05, 0.1) is 5.69 Å². The summed E-state index contributed by atoms with van der Waals surface area (Å²) in [4.78, 5) is 0. The molecular formula is C14H27N3. The van der Waals surface area contributed by atoms with E-state index in [1.54, 1.807) is 0 Å². The van der Waals surface area contributed by atoms with E-state index in [2.05, 4.69) is 38.9 Å². The Balaban J connectivity index is 2.43. The Morgan fingerprint density at radius 1 is 1.41 bits per heavy atom.